The number of amides is 2. The molecule has 84 valence electrons. The summed E-state index contributed by atoms with van der Waals surface area (Å²) in [6.45, 7) is 5.71. The zero-order valence-corrected chi connectivity index (χ0v) is 9.18. The van der Waals surface area contributed by atoms with Crippen molar-refractivity contribution in [1.82, 2.24) is 10.6 Å². The van der Waals surface area contributed by atoms with Gasteiger partial charge in [-0.3, -0.25) is 0 Å². The molecule has 0 saturated heterocycles. The third-order valence-corrected chi connectivity index (χ3v) is 1.86. The minimum Gasteiger partial charge on any atom is -0.396 e. The summed E-state index contributed by atoms with van der Waals surface area (Å²) in [4.78, 5) is 11.1. The summed E-state index contributed by atoms with van der Waals surface area (Å²) >= 11 is 0. The lowest BCUT2D eigenvalue weighted by atomic mass is 10.1. The van der Waals surface area contributed by atoms with Gasteiger partial charge < -0.3 is 15.7 Å². The Morgan fingerprint density at radius 1 is 1.21 bits per heavy atom. The van der Waals surface area contributed by atoms with Crippen LogP contribution in [0.5, 0.6) is 0 Å². The highest BCUT2D eigenvalue weighted by Crippen LogP contribution is 2.01. The molecule has 14 heavy (non-hydrogen) atoms. The van der Waals surface area contributed by atoms with E-state index >= 15 is 0 Å². The molecule has 0 aromatic heterocycles. The van der Waals surface area contributed by atoms with E-state index in [1.165, 1.54) is 0 Å². The summed E-state index contributed by atoms with van der Waals surface area (Å²) in [6, 6.07) is -0.137. The Hall–Kier alpha value is -0.770. The number of urea groups is 1. The largest absolute Gasteiger partial charge is 0.396 e. The first-order valence-corrected chi connectivity index (χ1v) is 5.29. The minimum atomic E-state index is -0.137. The van der Waals surface area contributed by atoms with Gasteiger partial charge in [0, 0.05) is 19.7 Å². The highest BCUT2D eigenvalue weighted by molar-refractivity contribution is 5.73. The van der Waals surface area contributed by atoms with Gasteiger partial charge in [-0.05, 0) is 25.2 Å². The van der Waals surface area contributed by atoms with Gasteiger partial charge in [0.2, 0.25) is 0 Å². The molecule has 0 saturated carbocycles. The van der Waals surface area contributed by atoms with Crippen molar-refractivity contribution >= 4 is 6.03 Å². The highest BCUT2D eigenvalue weighted by Gasteiger charge is 1.98. The highest BCUT2D eigenvalue weighted by atomic mass is 16.3. The van der Waals surface area contributed by atoms with Crippen LogP contribution in [-0.4, -0.2) is 30.8 Å². The summed E-state index contributed by atoms with van der Waals surface area (Å²) in [6.07, 6.45) is 2.77. The minimum absolute atomic E-state index is 0.119. The van der Waals surface area contributed by atoms with Crippen LogP contribution >= 0.6 is 0 Å². The summed E-state index contributed by atoms with van der Waals surface area (Å²) < 4.78 is 0. The molecule has 0 bridgehead atoms. The van der Waals surface area contributed by atoms with Crippen LogP contribution in [-0.2, 0) is 0 Å². The van der Waals surface area contributed by atoms with Crippen LogP contribution in [0, 0.1) is 5.92 Å². The first-order chi connectivity index (χ1) is 6.66. The van der Waals surface area contributed by atoms with Crippen molar-refractivity contribution in [2.45, 2.75) is 33.1 Å². The fourth-order valence-electron chi connectivity index (χ4n) is 1.06. The summed E-state index contributed by atoms with van der Waals surface area (Å²) in [7, 11) is 0. The first-order valence-electron chi connectivity index (χ1n) is 5.29. The van der Waals surface area contributed by atoms with Crippen molar-refractivity contribution in [3.8, 4) is 0 Å². The van der Waals surface area contributed by atoms with Crippen LogP contribution in [0.3, 0.4) is 0 Å². The quantitative estimate of drug-likeness (QED) is 0.541. The van der Waals surface area contributed by atoms with Gasteiger partial charge in [-0.1, -0.05) is 13.8 Å². The second-order valence-electron chi connectivity index (χ2n) is 3.80. The lowest BCUT2D eigenvalue weighted by Crippen LogP contribution is -2.36. The van der Waals surface area contributed by atoms with Gasteiger partial charge in [0.25, 0.3) is 0 Å². The Morgan fingerprint density at radius 3 is 2.29 bits per heavy atom. The third kappa shape index (κ3) is 9.32. The molecule has 0 rings (SSSR count). The van der Waals surface area contributed by atoms with Crippen LogP contribution in [0.1, 0.15) is 33.1 Å². The van der Waals surface area contributed by atoms with Crippen LogP contribution in [0.2, 0.25) is 0 Å². The van der Waals surface area contributed by atoms with Crippen LogP contribution in [0.4, 0.5) is 4.79 Å². The number of carbonyl (C=O) groups excluding carboxylic acids is 1. The van der Waals surface area contributed by atoms with E-state index < -0.39 is 0 Å². The average molecular weight is 202 g/mol. The lowest BCUT2D eigenvalue weighted by molar-refractivity contribution is 0.237. The molecule has 0 radical (unpaired) electrons. The van der Waals surface area contributed by atoms with Crippen molar-refractivity contribution in [2.24, 2.45) is 5.92 Å². The third-order valence-electron chi connectivity index (χ3n) is 1.86. The molecule has 0 aromatic rings. The van der Waals surface area contributed by atoms with Crippen LogP contribution in [0.15, 0.2) is 0 Å². The van der Waals surface area contributed by atoms with E-state index in [0.717, 1.165) is 19.4 Å². The van der Waals surface area contributed by atoms with Gasteiger partial charge in [-0.15, -0.1) is 0 Å². The molecule has 2 amide bonds. The Labute approximate surface area is 86.1 Å². The van der Waals surface area contributed by atoms with E-state index in [2.05, 4.69) is 24.5 Å². The number of aliphatic hydroxyl groups is 1. The second kappa shape index (κ2) is 8.81. The monoisotopic (exact) mass is 202 g/mol. The van der Waals surface area contributed by atoms with Gasteiger partial charge in [0.1, 0.15) is 0 Å². The summed E-state index contributed by atoms with van der Waals surface area (Å²) in [5.41, 5.74) is 0. The zero-order valence-electron chi connectivity index (χ0n) is 9.18. The molecule has 4 heteroatoms. The maximum absolute atomic E-state index is 11.1. The Kier molecular flexibility index (Phi) is 8.33. The van der Waals surface area contributed by atoms with Crippen molar-refractivity contribution in [3.05, 3.63) is 0 Å². The maximum atomic E-state index is 11.1. The van der Waals surface area contributed by atoms with E-state index in [9.17, 15) is 4.79 Å². The van der Waals surface area contributed by atoms with E-state index in [1.807, 2.05) is 0 Å². The van der Waals surface area contributed by atoms with Gasteiger partial charge in [0.15, 0.2) is 0 Å². The molecule has 0 aliphatic rings. The molecule has 0 spiro atoms. The Morgan fingerprint density at radius 2 is 1.79 bits per heavy atom. The fourth-order valence-corrected chi connectivity index (χ4v) is 1.06. The van der Waals surface area contributed by atoms with E-state index in [-0.39, 0.29) is 12.6 Å². The van der Waals surface area contributed by atoms with Gasteiger partial charge >= 0.3 is 6.03 Å². The second-order valence-corrected chi connectivity index (χ2v) is 3.80. The molecular formula is C10H22N2O2. The molecule has 0 atom stereocenters. The van der Waals surface area contributed by atoms with Crippen LogP contribution < -0.4 is 10.6 Å². The van der Waals surface area contributed by atoms with Crippen molar-refractivity contribution in [2.75, 3.05) is 19.7 Å². The molecule has 0 unspecified atom stereocenters. The lowest BCUT2D eigenvalue weighted by Gasteiger charge is -2.07. The molecule has 0 aromatic carbocycles. The number of rotatable bonds is 7. The first kappa shape index (κ1) is 13.2. The SMILES string of the molecule is CC(C)CCCNC(=O)NCCCO. The Balaban J connectivity index is 3.18. The molecule has 0 fully saturated rings. The van der Waals surface area contributed by atoms with Gasteiger partial charge in [-0.2, -0.15) is 0 Å². The fraction of sp³-hybridized carbons (Fsp3) is 0.900. The molecule has 3 N–H and O–H groups in total. The molecule has 0 aliphatic heterocycles. The maximum Gasteiger partial charge on any atom is 0.314 e. The van der Waals surface area contributed by atoms with E-state index in [4.69, 9.17) is 5.11 Å². The van der Waals surface area contributed by atoms with Crippen LogP contribution in [0.25, 0.3) is 0 Å². The number of hydrogen-bond donors (Lipinski definition) is 3. The zero-order chi connectivity index (χ0) is 10.8. The standard InChI is InChI=1S/C10H22N2O2/c1-9(2)5-3-6-11-10(14)12-7-4-8-13/h9,13H,3-8H2,1-2H3,(H2,11,12,14). The van der Waals surface area contributed by atoms with E-state index in [1.54, 1.807) is 0 Å². The molecule has 4 nitrogen and oxygen atoms in total. The number of carbonyl (C=O) groups is 1. The van der Waals surface area contributed by atoms with E-state index in [0.29, 0.717) is 18.9 Å². The van der Waals surface area contributed by atoms with Gasteiger partial charge in [-0.25, -0.2) is 4.79 Å². The number of nitrogens with one attached hydrogen (secondary N) is 2. The summed E-state index contributed by atoms with van der Waals surface area (Å²) in [5.74, 6) is 0.689. The normalized spacial score (nSPS) is 10.3. The topological polar surface area (TPSA) is 61.4 Å². The number of aliphatic hydroxyl groups excluding tert-OH is 1. The van der Waals surface area contributed by atoms with Crippen molar-refractivity contribution in [1.29, 1.82) is 0 Å². The molecule has 0 aliphatic carbocycles. The van der Waals surface area contributed by atoms with Gasteiger partial charge in [0.05, 0.1) is 0 Å². The summed E-state index contributed by atoms with van der Waals surface area (Å²) in [5, 5.41) is 13.9. The predicted octanol–water partition coefficient (Wildman–Crippen LogP) is 1.10. The smallest absolute Gasteiger partial charge is 0.314 e. The molecular weight excluding hydrogens is 180 g/mol. The van der Waals surface area contributed by atoms with Crippen molar-refractivity contribution in [3.63, 3.8) is 0 Å². The molecule has 0 heterocycles. The average Bonchev–Trinajstić information content (AvgIpc) is 2.13. The Bertz CT molecular complexity index is 149. The number of hydrogen-bond acceptors (Lipinski definition) is 2. The van der Waals surface area contributed by atoms with Crippen molar-refractivity contribution < 1.29 is 9.90 Å². The predicted molar refractivity (Wildman–Crippen MR) is 57.2 cm³/mol.